The van der Waals surface area contributed by atoms with Crippen molar-refractivity contribution in [1.29, 1.82) is 0 Å². The van der Waals surface area contributed by atoms with Gasteiger partial charge in [-0.05, 0) is 24.1 Å². The lowest BCUT2D eigenvalue weighted by Crippen LogP contribution is -2.26. The van der Waals surface area contributed by atoms with Crippen LogP contribution >= 0.6 is 11.3 Å². The van der Waals surface area contributed by atoms with Gasteiger partial charge in [-0.1, -0.05) is 42.5 Å². The number of carbonyl (C=O) groups is 2. The van der Waals surface area contributed by atoms with Crippen molar-refractivity contribution in [2.75, 3.05) is 11.9 Å². The summed E-state index contributed by atoms with van der Waals surface area (Å²) in [4.78, 5) is 36.4. The van der Waals surface area contributed by atoms with Crippen molar-refractivity contribution in [3.63, 3.8) is 0 Å². The number of rotatable bonds is 8. The number of hydrogen-bond donors (Lipinski definition) is 3. The van der Waals surface area contributed by atoms with E-state index in [1.165, 1.54) is 11.3 Å². The van der Waals surface area contributed by atoms with Crippen LogP contribution in [0.5, 0.6) is 0 Å². The highest BCUT2D eigenvalue weighted by molar-refractivity contribution is 7.14. The molecule has 0 unspecified atom stereocenters. The number of nitrogens with zero attached hydrogens (tertiary/aromatic N) is 2. The van der Waals surface area contributed by atoms with E-state index in [-0.39, 0.29) is 11.8 Å². The molecule has 8 heteroatoms. The van der Waals surface area contributed by atoms with Crippen molar-refractivity contribution in [3.8, 4) is 0 Å². The summed E-state index contributed by atoms with van der Waals surface area (Å²) in [6.45, 7) is 0.439. The third-order valence-corrected chi connectivity index (χ3v) is 5.31. The third kappa shape index (κ3) is 5.09. The van der Waals surface area contributed by atoms with Crippen molar-refractivity contribution in [2.24, 2.45) is 0 Å². The number of hydrogen-bond acceptors (Lipinski definition) is 5. The van der Waals surface area contributed by atoms with Crippen molar-refractivity contribution in [2.45, 2.75) is 19.3 Å². The average molecular weight is 420 g/mol. The van der Waals surface area contributed by atoms with E-state index in [2.05, 4.69) is 25.6 Å². The number of H-pyrrole nitrogens is 1. The minimum absolute atomic E-state index is 0.120. The van der Waals surface area contributed by atoms with Crippen LogP contribution in [0.15, 0.2) is 60.0 Å². The molecule has 0 aliphatic rings. The lowest BCUT2D eigenvalue weighted by atomic mass is 10.1. The molecular formula is C22H21N5O2S. The summed E-state index contributed by atoms with van der Waals surface area (Å²) in [6.07, 6.45) is 1.61. The number of anilines is 1. The molecule has 0 saturated carbocycles. The number of para-hydroxylation sites is 2. The Morgan fingerprint density at radius 1 is 0.967 bits per heavy atom. The fraction of sp³-hybridized carbons (Fsp3) is 0.182. The summed E-state index contributed by atoms with van der Waals surface area (Å²) in [5, 5.41) is 7.66. The van der Waals surface area contributed by atoms with Gasteiger partial charge >= 0.3 is 0 Å². The quantitative estimate of drug-likeness (QED) is 0.407. The Morgan fingerprint density at radius 2 is 1.77 bits per heavy atom. The van der Waals surface area contributed by atoms with Gasteiger partial charge in [-0.15, -0.1) is 11.3 Å². The maximum atomic E-state index is 12.3. The summed E-state index contributed by atoms with van der Waals surface area (Å²) in [6, 6.07) is 17.6. The van der Waals surface area contributed by atoms with Crippen LogP contribution in [0.2, 0.25) is 0 Å². The van der Waals surface area contributed by atoms with Crippen molar-refractivity contribution >= 4 is 39.3 Å². The summed E-state index contributed by atoms with van der Waals surface area (Å²) >= 11 is 1.24. The molecule has 4 rings (SSSR count). The largest absolute Gasteiger partial charge is 0.350 e. The molecule has 30 heavy (non-hydrogen) atoms. The number of imidazole rings is 1. The van der Waals surface area contributed by atoms with Crippen LogP contribution in [0, 0.1) is 0 Å². The minimum Gasteiger partial charge on any atom is -0.350 e. The van der Waals surface area contributed by atoms with E-state index in [9.17, 15) is 9.59 Å². The second-order valence-corrected chi connectivity index (χ2v) is 7.64. The van der Waals surface area contributed by atoms with Gasteiger partial charge < -0.3 is 15.6 Å². The maximum absolute atomic E-state index is 12.3. The zero-order chi connectivity index (χ0) is 20.8. The van der Waals surface area contributed by atoms with E-state index in [1.54, 1.807) is 5.38 Å². The molecule has 0 bridgehead atoms. The van der Waals surface area contributed by atoms with Gasteiger partial charge in [0.05, 0.1) is 11.0 Å². The van der Waals surface area contributed by atoms with Gasteiger partial charge in [0.25, 0.3) is 5.91 Å². The van der Waals surface area contributed by atoms with Crippen LogP contribution in [0.25, 0.3) is 11.0 Å². The molecule has 152 valence electrons. The second-order valence-electron chi connectivity index (χ2n) is 6.78. The van der Waals surface area contributed by atoms with E-state index in [4.69, 9.17) is 0 Å². The van der Waals surface area contributed by atoms with Crippen LogP contribution < -0.4 is 10.6 Å². The van der Waals surface area contributed by atoms with Crippen LogP contribution in [-0.4, -0.2) is 33.3 Å². The number of nitrogens with one attached hydrogen (secondary N) is 3. The fourth-order valence-electron chi connectivity index (χ4n) is 3.03. The Labute approximate surface area is 177 Å². The number of amides is 2. The second kappa shape index (κ2) is 9.32. The number of aromatic amines is 1. The smallest absolute Gasteiger partial charge is 0.270 e. The molecule has 2 aromatic carbocycles. The Morgan fingerprint density at radius 3 is 2.60 bits per heavy atom. The molecule has 0 aliphatic carbocycles. The lowest BCUT2D eigenvalue weighted by molar-refractivity contribution is -0.116. The summed E-state index contributed by atoms with van der Waals surface area (Å²) < 4.78 is 0. The van der Waals surface area contributed by atoms with Gasteiger partial charge in [0.1, 0.15) is 11.5 Å². The maximum Gasteiger partial charge on any atom is 0.270 e. The molecule has 2 aromatic heterocycles. The van der Waals surface area contributed by atoms with Gasteiger partial charge in [0, 0.05) is 24.8 Å². The Balaban J connectivity index is 1.23. The van der Waals surface area contributed by atoms with Crippen LogP contribution in [0.4, 0.5) is 5.13 Å². The topological polar surface area (TPSA) is 99.8 Å². The van der Waals surface area contributed by atoms with Crippen molar-refractivity contribution in [1.82, 2.24) is 20.3 Å². The normalized spacial score (nSPS) is 10.8. The van der Waals surface area contributed by atoms with E-state index in [1.807, 2.05) is 54.6 Å². The van der Waals surface area contributed by atoms with E-state index in [0.717, 1.165) is 22.4 Å². The van der Waals surface area contributed by atoms with Gasteiger partial charge in [-0.2, -0.15) is 0 Å². The van der Waals surface area contributed by atoms with Gasteiger partial charge in [-0.25, -0.2) is 9.97 Å². The molecular weight excluding hydrogens is 398 g/mol. The molecule has 4 aromatic rings. The van der Waals surface area contributed by atoms with Crippen LogP contribution in [0.1, 0.15) is 28.3 Å². The average Bonchev–Trinajstić information content (AvgIpc) is 3.39. The standard InChI is InChI=1S/C22H21N5O2S/c28-20(11-10-15-6-2-1-3-7-15)27-22-26-18(14-30-22)21(29)23-13-12-19-24-16-8-4-5-9-17(16)25-19/h1-9,14H,10-13H2,(H,23,29)(H,24,25)(H,26,27,28). The Bertz CT molecular complexity index is 1120. The van der Waals surface area contributed by atoms with E-state index >= 15 is 0 Å². The molecule has 0 saturated heterocycles. The van der Waals surface area contributed by atoms with Crippen molar-refractivity contribution in [3.05, 3.63) is 77.1 Å². The minimum atomic E-state index is -0.271. The summed E-state index contributed by atoms with van der Waals surface area (Å²) in [5.74, 6) is 0.429. The highest BCUT2D eigenvalue weighted by Crippen LogP contribution is 2.16. The SMILES string of the molecule is O=C(CCc1ccccc1)Nc1nc(C(=O)NCCc2nc3ccccc3[nH]2)cs1. The first-order valence-corrected chi connectivity index (χ1v) is 10.6. The molecule has 0 spiro atoms. The highest BCUT2D eigenvalue weighted by atomic mass is 32.1. The molecule has 0 aliphatic heterocycles. The molecule has 3 N–H and O–H groups in total. The number of fused-ring (bicyclic) bond motifs is 1. The first-order chi connectivity index (χ1) is 14.7. The first-order valence-electron chi connectivity index (χ1n) is 9.68. The van der Waals surface area contributed by atoms with Gasteiger partial charge in [-0.3, -0.25) is 9.59 Å². The molecule has 2 amide bonds. The Kier molecular flexibility index (Phi) is 6.14. The molecule has 0 atom stereocenters. The number of benzene rings is 2. The zero-order valence-corrected chi connectivity index (χ0v) is 17.0. The summed E-state index contributed by atoms with van der Waals surface area (Å²) in [5.41, 5.74) is 3.29. The monoisotopic (exact) mass is 419 g/mol. The predicted molar refractivity (Wildman–Crippen MR) is 118 cm³/mol. The van der Waals surface area contributed by atoms with Gasteiger partial charge in [0.15, 0.2) is 5.13 Å². The first kappa shape index (κ1) is 19.8. The number of thiazole rings is 1. The molecule has 2 heterocycles. The summed E-state index contributed by atoms with van der Waals surface area (Å²) in [7, 11) is 0. The Hall–Kier alpha value is -3.52. The molecule has 7 nitrogen and oxygen atoms in total. The van der Waals surface area contributed by atoms with Gasteiger partial charge in [0.2, 0.25) is 5.91 Å². The number of aryl methyl sites for hydroxylation is 1. The highest BCUT2D eigenvalue weighted by Gasteiger charge is 2.12. The van der Waals surface area contributed by atoms with Crippen LogP contribution in [-0.2, 0) is 17.6 Å². The number of aromatic nitrogens is 3. The molecule has 0 fully saturated rings. The van der Waals surface area contributed by atoms with E-state index < -0.39 is 0 Å². The lowest BCUT2D eigenvalue weighted by Gasteiger charge is -2.02. The predicted octanol–water partition coefficient (Wildman–Crippen LogP) is 3.56. The third-order valence-electron chi connectivity index (χ3n) is 4.55. The zero-order valence-electron chi connectivity index (χ0n) is 16.2. The van der Waals surface area contributed by atoms with Crippen LogP contribution in [0.3, 0.4) is 0 Å². The number of carbonyl (C=O) groups excluding carboxylic acids is 2. The fourth-order valence-corrected chi connectivity index (χ4v) is 3.74. The molecule has 0 radical (unpaired) electrons. The van der Waals surface area contributed by atoms with Crippen molar-refractivity contribution < 1.29 is 9.59 Å². The van der Waals surface area contributed by atoms with E-state index in [0.29, 0.717) is 36.6 Å².